The van der Waals surface area contributed by atoms with Crippen LogP contribution in [0.1, 0.15) is 31.4 Å². The minimum atomic E-state index is 0.162. The number of aromatic nitrogens is 1. The summed E-state index contributed by atoms with van der Waals surface area (Å²) in [7, 11) is 1.96. The Morgan fingerprint density at radius 3 is 3.00 bits per heavy atom. The summed E-state index contributed by atoms with van der Waals surface area (Å²) >= 11 is 0. The average molecular weight is 231 g/mol. The standard InChI is InChI=1S/C13H17N3O/c1-15-11-6-2-3-7-12(11)17-13-8-4-5-10(9-14)16-13/h4-5,8,11-12,15H,2-3,6-7H2,1H3. The SMILES string of the molecule is CNC1CCCCC1Oc1cccc(C#N)n1. The molecule has 0 aliphatic heterocycles. The van der Waals surface area contributed by atoms with E-state index in [1.165, 1.54) is 12.8 Å². The largest absolute Gasteiger partial charge is 0.473 e. The minimum absolute atomic E-state index is 0.162. The molecule has 1 aliphatic rings. The lowest BCUT2D eigenvalue weighted by Gasteiger charge is -2.31. The first-order valence-corrected chi connectivity index (χ1v) is 6.04. The number of hydrogen-bond acceptors (Lipinski definition) is 4. The lowest BCUT2D eigenvalue weighted by Crippen LogP contribution is -2.43. The summed E-state index contributed by atoms with van der Waals surface area (Å²) in [6, 6.07) is 7.70. The lowest BCUT2D eigenvalue weighted by molar-refractivity contribution is 0.113. The molecular weight excluding hydrogens is 214 g/mol. The van der Waals surface area contributed by atoms with Crippen LogP contribution in [0.15, 0.2) is 18.2 Å². The highest BCUT2D eigenvalue weighted by Gasteiger charge is 2.25. The highest BCUT2D eigenvalue weighted by atomic mass is 16.5. The molecule has 0 radical (unpaired) electrons. The van der Waals surface area contributed by atoms with E-state index in [-0.39, 0.29) is 6.10 Å². The van der Waals surface area contributed by atoms with Crippen LogP contribution >= 0.6 is 0 Å². The van der Waals surface area contributed by atoms with Crippen molar-refractivity contribution >= 4 is 0 Å². The van der Waals surface area contributed by atoms with E-state index in [0.29, 0.717) is 17.6 Å². The molecule has 1 N–H and O–H groups in total. The fourth-order valence-electron chi connectivity index (χ4n) is 2.27. The second-order valence-corrected chi connectivity index (χ2v) is 4.31. The normalized spacial score (nSPS) is 24.0. The van der Waals surface area contributed by atoms with Crippen LogP contribution in [0.4, 0.5) is 0 Å². The molecule has 1 aliphatic carbocycles. The molecule has 4 nitrogen and oxygen atoms in total. The van der Waals surface area contributed by atoms with Gasteiger partial charge in [0.1, 0.15) is 17.9 Å². The summed E-state index contributed by atoms with van der Waals surface area (Å²) in [5.41, 5.74) is 0.402. The monoisotopic (exact) mass is 231 g/mol. The smallest absolute Gasteiger partial charge is 0.214 e. The van der Waals surface area contributed by atoms with Crippen molar-refractivity contribution in [1.29, 1.82) is 5.26 Å². The van der Waals surface area contributed by atoms with Crippen LogP contribution in [0.25, 0.3) is 0 Å². The Balaban J connectivity index is 2.06. The third-order valence-corrected chi connectivity index (χ3v) is 3.18. The molecule has 1 aromatic heterocycles. The number of hydrogen-bond donors (Lipinski definition) is 1. The van der Waals surface area contributed by atoms with Gasteiger partial charge in [0.2, 0.25) is 5.88 Å². The maximum atomic E-state index is 8.79. The van der Waals surface area contributed by atoms with Crippen molar-refractivity contribution in [1.82, 2.24) is 10.3 Å². The molecule has 4 heteroatoms. The molecule has 17 heavy (non-hydrogen) atoms. The Hall–Kier alpha value is -1.60. The fourth-order valence-corrected chi connectivity index (χ4v) is 2.27. The number of likely N-dealkylation sites (N-methyl/N-ethyl adjacent to an activating group) is 1. The molecule has 90 valence electrons. The first-order valence-electron chi connectivity index (χ1n) is 6.04. The van der Waals surface area contributed by atoms with E-state index in [1.54, 1.807) is 12.1 Å². The first kappa shape index (κ1) is 11.9. The van der Waals surface area contributed by atoms with E-state index in [9.17, 15) is 0 Å². The zero-order valence-electron chi connectivity index (χ0n) is 10.0. The molecule has 0 spiro atoms. The van der Waals surface area contributed by atoms with Gasteiger partial charge in [-0.1, -0.05) is 12.5 Å². The fraction of sp³-hybridized carbons (Fsp3) is 0.538. The van der Waals surface area contributed by atoms with Crippen molar-refractivity contribution in [2.24, 2.45) is 0 Å². The Kier molecular flexibility index (Phi) is 3.94. The topological polar surface area (TPSA) is 57.9 Å². The van der Waals surface area contributed by atoms with Gasteiger partial charge in [-0.25, -0.2) is 4.98 Å². The van der Waals surface area contributed by atoms with Crippen LogP contribution in [-0.2, 0) is 0 Å². The van der Waals surface area contributed by atoms with E-state index >= 15 is 0 Å². The molecule has 1 fully saturated rings. The molecule has 0 bridgehead atoms. The van der Waals surface area contributed by atoms with Gasteiger partial charge in [0, 0.05) is 12.1 Å². The molecule has 2 unspecified atom stereocenters. The van der Waals surface area contributed by atoms with E-state index in [0.717, 1.165) is 12.8 Å². The highest BCUT2D eigenvalue weighted by Crippen LogP contribution is 2.22. The van der Waals surface area contributed by atoms with Crippen LogP contribution in [0, 0.1) is 11.3 Å². The summed E-state index contributed by atoms with van der Waals surface area (Å²) in [5.74, 6) is 0.552. The maximum absolute atomic E-state index is 8.79. The van der Waals surface area contributed by atoms with Crippen molar-refractivity contribution in [2.45, 2.75) is 37.8 Å². The van der Waals surface area contributed by atoms with Gasteiger partial charge in [-0.2, -0.15) is 5.26 Å². The molecule has 1 aromatic rings. The Bertz CT molecular complexity index is 413. The maximum Gasteiger partial charge on any atom is 0.214 e. The predicted octanol–water partition coefficient (Wildman–Crippen LogP) is 1.86. The first-order chi connectivity index (χ1) is 8.33. The van der Waals surface area contributed by atoms with Crippen molar-refractivity contribution in [3.63, 3.8) is 0 Å². The van der Waals surface area contributed by atoms with Crippen LogP contribution in [0.2, 0.25) is 0 Å². The second kappa shape index (κ2) is 5.65. The highest BCUT2D eigenvalue weighted by molar-refractivity contribution is 5.24. The van der Waals surface area contributed by atoms with Gasteiger partial charge in [0.15, 0.2) is 0 Å². The van der Waals surface area contributed by atoms with Crippen molar-refractivity contribution in [3.8, 4) is 11.9 Å². The van der Waals surface area contributed by atoms with Gasteiger partial charge >= 0.3 is 0 Å². The molecule has 0 amide bonds. The van der Waals surface area contributed by atoms with E-state index in [2.05, 4.69) is 10.3 Å². The molecule has 2 rings (SSSR count). The number of nitrogens with one attached hydrogen (secondary N) is 1. The number of pyridine rings is 1. The molecule has 2 atom stereocenters. The second-order valence-electron chi connectivity index (χ2n) is 4.31. The number of nitrogens with zero attached hydrogens (tertiary/aromatic N) is 2. The van der Waals surface area contributed by atoms with Crippen molar-refractivity contribution < 1.29 is 4.74 Å². The molecule has 1 heterocycles. The third kappa shape index (κ3) is 2.95. The van der Waals surface area contributed by atoms with Gasteiger partial charge in [-0.05, 0) is 32.4 Å². The molecular formula is C13H17N3O. The van der Waals surface area contributed by atoms with Crippen LogP contribution in [-0.4, -0.2) is 24.2 Å². The van der Waals surface area contributed by atoms with Gasteiger partial charge in [-0.15, -0.1) is 0 Å². The number of rotatable bonds is 3. The van der Waals surface area contributed by atoms with Crippen LogP contribution in [0.3, 0.4) is 0 Å². The summed E-state index contributed by atoms with van der Waals surface area (Å²) < 4.78 is 5.88. The van der Waals surface area contributed by atoms with E-state index in [4.69, 9.17) is 10.00 Å². The molecule has 1 saturated carbocycles. The average Bonchev–Trinajstić information content (AvgIpc) is 2.39. The quantitative estimate of drug-likeness (QED) is 0.862. The summed E-state index contributed by atoms with van der Waals surface area (Å²) in [4.78, 5) is 4.14. The van der Waals surface area contributed by atoms with Crippen LogP contribution in [0.5, 0.6) is 5.88 Å². The van der Waals surface area contributed by atoms with Crippen LogP contribution < -0.4 is 10.1 Å². The van der Waals surface area contributed by atoms with E-state index < -0.39 is 0 Å². The van der Waals surface area contributed by atoms with Gasteiger partial charge < -0.3 is 10.1 Å². The Labute approximate surface area is 102 Å². The summed E-state index contributed by atoms with van der Waals surface area (Å²) in [6.45, 7) is 0. The Morgan fingerprint density at radius 2 is 2.24 bits per heavy atom. The lowest BCUT2D eigenvalue weighted by atomic mass is 9.92. The van der Waals surface area contributed by atoms with Gasteiger partial charge in [0.05, 0.1) is 0 Å². The van der Waals surface area contributed by atoms with Crippen molar-refractivity contribution in [2.75, 3.05) is 7.05 Å². The van der Waals surface area contributed by atoms with Crippen molar-refractivity contribution in [3.05, 3.63) is 23.9 Å². The third-order valence-electron chi connectivity index (χ3n) is 3.18. The van der Waals surface area contributed by atoms with Gasteiger partial charge in [0.25, 0.3) is 0 Å². The minimum Gasteiger partial charge on any atom is -0.473 e. The predicted molar refractivity (Wildman–Crippen MR) is 64.7 cm³/mol. The van der Waals surface area contributed by atoms with Gasteiger partial charge in [-0.3, -0.25) is 0 Å². The summed E-state index contributed by atoms with van der Waals surface area (Å²) in [6.07, 6.45) is 4.79. The number of ether oxygens (including phenoxy) is 1. The number of nitriles is 1. The summed E-state index contributed by atoms with van der Waals surface area (Å²) in [5, 5.41) is 12.1. The van der Waals surface area contributed by atoms with E-state index in [1.807, 2.05) is 19.2 Å². The molecule has 0 saturated heterocycles. The Morgan fingerprint density at radius 1 is 1.41 bits per heavy atom. The molecule has 0 aromatic carbocycles. The zero-order valence-corrected chi connectivity index (χ0v) is 10.0. The zero-order chi connectivity index (χ0) is 12.1.